The van der Waals surface area contributed by atoms with Gasteiger partial charge in [0.2, 0.25) is 0 Å². The zero-order chi connectivity index (χ0) is 14.3. The Kier molecular flexibility index (Phi) is 3.54. The molecule has 3 aromatic rings. The lowest BCUT2D eigenvalue weighted by Gasteiger charge is -2.09. The van der Waals surface area contributed by atoms with Gasteiger partial charge in [-0.3, -0.25) is 4.68 Å². The van der Waals surface area contributed by atoms with Crippen LogP contribution in [0.15, 0.2) is 12.1 Å². The molecule has 0 spiro atoms. The Balaban J connectivity index is 1.95. The zero-order valence-corrected chi connectivity index (χ0v) is 13.1. The molecule has 0 radical (unpaired) electrons. The second-order valence-corrected chi connectivity index (χ2v) is 5.77. The molecule has 0 unspecified atom stereocenters. The van der Waals surface area contributed by atoms with Crippen LogP contribution in [0.5, 0.6) is 0 Å². The van der Waals surface area contributed by atoms with Crippen molar-refractivity contribution in [2.24, 2.45) is 7.05 Å². The standard InChI is InChI=1S/C12H11Cl2N5S/c1-6-3-7(19(2)16-6)5-15-10-8(13)4-9(14)11-12(10)18-20-17-11/h3-4,15H,5H2,1-2H3. The van der Waals surface area contributed by atoms with Crippen molar-refractivity contribution < 1.29 is 0 Å². The zero-order valence-electron chi connectivity index (χ0n) is 10.8. The second-order valence-electron chi connectivity index (χ2n) is 4.43. The van der Waals surface area contributed by atoms with Crippen LogP contribution in [-0.4, -0.2) is 18.5 Å². The first kappa shape index (κ1) is 13.6. The molecule has 8 heteroatoms. The quantitative estimate of drug-likeness (QED) is 0.797. The Morgan fingerprint density at radius 3 is 2.65 bits per heavy atom. The van der Waals surface area contributed by atoms with Crippen molar-refractivity contribution in [2.75, 3.05) is 5.32 Å². The number of anilines is 1. The van der Waals surface area contributed by atoms with Gasteiger partial charge in [0.05, 0.1) is 45.4 Å². The van der Waals surface area contributed by atoms with E-state index in [2.05, 4.69) is 19.2 Å². The van der Waals surface area contributed by atoms with E-state index in [1.54, 1.807) is 6.07 Å². The monoisotopic (exact) mass is 327 g/mol. The van der Waals surface area contributed by atoms with Crippen molar-refractivity contribution in [1.82, 2.24) is 18.5 Å². The van der Waals surface area contributed by atoms with Crippen molar-refractivity contribution >= 4 is 51.7 Å². The van der Waals surface area contributed by atoms with Crippen LogP contribution in [0.25, 0.3) is 11.0 Å². The third-order valence-electron chi connectivity index (χ3n) is 2.99. The first-order chi connectivity index (χ1) is 9.56. The fourth-order valence-corrected chi connectivity index (χ4v) is 3.23. The van der Waals surface area contributed by atoms with Gasteiger partial charge in [-0.1, -0.05) is 23.2 Å². The number of fused-ring (bicyclic) bond motifs is 1. The van der Waals surface area contributed by atoms with Gasteiger partial charge in [-0.15, -0.1) is 0 Å². The van der Waals surface area contributed by atoms with E-state index in [9.17, 15) is 0 Å². The average molecular weight is 328 g/mol. The van der Waals surface area contributed by atoms with E-state index in [0.29, 0.717) is 27.6 Å². The van der Waals surface area contributed by atoms with Crippen LogP contribution < -0.4 is 5.32 Å². The SMILES string of the molecule is Cc1cc(CNc2c(Cl)cc(Cl)c3nsnc23)n(C)n1. The number of nitrogens with one attached hydrogen (secondary N) is 1. The van der Waals surface area contributed by atoms with Gasteiger partial charge >= 0.3 is 0 Å². The summed E-state index contributed by atoms with van der Waals surface area (Å²) in [6, 6.07) is 3.71. The summed E-state index contributed by atoms with van der Waals surface area (Å²) in [5.74, 6) is 0. The molecule has 0 aliphatic rings. The molecule has 0 saturated heterocycles. The number of aromatic nitrogens is 4. The van der Waals surface area contributed by atoms with Gasteiger partial charge in [0, 0.05) is 7.05 Å². The minimum atomic E-state index is 0.515. The Labute approximate surface area is 129 Å². The van der Waals surface area contributed by atoms with Crippen molar-refractivity contribution in [1.29, 1.82) is 0 Å². The van der Waals surface area contributed by atoms with Gasteiger partial charge in [-0.25, -0.2) is 0 Å². The highest BCUT2D eigenvalue weighted by Gasteiger charge is 2.14. The van der Waals surface area contributed by atoms with E-state index in [1.165, 1.54) is 0 Å². The Morgan fingerprint density at radius 1 is 1.20 bits per heavy atom. The van der Waals surface area contributed by atoms with Crippen molar-refractivity contribution in [3.05, 3.63) is 33.6 Å². The summed E-state index contributed by atoms with van der Waals surface area (Å²) in [7, 11) is 1.91. The molecule has 104 valence electrons. The molecular formula is C12H11Cl2N5S. The highest BCUT2D eigenvalue weighted by atomic mass is 35.5. The molecule has 1 N–H and O–H groups in total. The fourth-order valence-electron chi connectivity index (χ4n) is 2.05. The molecule has 0 amide bonds. The number of benzene rings is 1. The molecule has 1 aromatic carbocycles. The third-order valence-corrected chi connectivity index (χ3v) is 4.10. The van der Waals surface area contributed by atoms with Crippen LogP contribution in [0.2, 0.25) is 10.0 Å². The first-order valence-electron chi connectivity index (χ1n) is 5.90. The van der Waals surface area contributed by atoms with Gasteiger partial charge < -0.3 is 5.32 Å². The molecule has 0 fully saturated rings. The van der Waals surface area contributed by atoms with Crippen LogP contribution in [0.3, 0.4) is 0 Å². The topological polar surface area (TPSA) is 55.6 Å². The van der Waals surface area contributed by atoms with Gasteiger partial charge in [0.15, 0.2) is 0 Å². The third kappa shape index (κ3) is 2.34. The molecule has 2 heterocycles. The van der Waals surface area contributed by atoms with Crippen molar-refractivity contribution in [3.63, 3.8) is 0 Å². The predicted molar refractivity (Wildman–Crippen MR) is 82.7 cm³/mol. The molecule has 0 saturated carbocycles. The predicted octanol–water partition coefficient (Wildman–Crippen LogP) is 3.65. The maximum absolute atomic E-state index is 6.24. The van der Waals surface area contributed by atoms with Crippen molar-refractivity contribution in [3.8, 4) is 0 Å². The number of rotatable bonds is 3. The van der Waals surface area contributed by atoms with Crippen LogP contribution in [0, 0.1) is 6.92 Å². The average Bonchev–Trinajstić information content (AvgIpc) is 2.96. The smallest absolute Gasteiger partial charge is 0.130 e. The number of hydrogen-bond donors (Lipinski definition) is 1. The number of aryl methyl sites for hydroxylation is 2. The largest absolute Gasteiger partial charge is 0.376 e. The maximum Gasteiger partial charge on any atom is 0.130 e. The molecule has 2 aromatic heterocycles. The summed E-state index contributed by atoms with van der Waals surface area (Å²) in [5.41, 5.74) is 4.16. The molecular weight excluding hydrogens is 317 g/mol. The highest BCUT2D eigenvalue weighted by molar-refractivity contribution is 7.00. The van der Waals surface area contributed by atoms with Crippen LogP contribution >= 0.6 is 34.9 Å². The first-order valence-corrected chi connectivity index (χ1v) is 7.38. The lowest BCUT2D eigenvalue weighted by molar-refractivity contribution is 0.713. The highest BCUT2D eigenvalue weighted by Crippen LogP contribution is 2.35. The van der Waals surface area contributed by atoms with E-state index < -0.39 is 0 Å². The summed E-state index contributed by atoms with van der Waals surface area (Å²) < 4.78 is 10.3. The summed E-state index contributed by atoms with van der Waals surface area (Å²) in [6.45, 7) is 2.56. The fraction of sp³-hybridized carbons (Fsp3) is 0.250. The minimum absolute atomic E-state index is 0.515. The molecule has 3 rings (SSSR count). The van der Waals surface area contributed by atoms with E-state index in [-0.39, 0.29) is 0 Å². The molecule has 20 heavy (non-hydrogen) atoms. The Morgan fingerprint density at radius 2 is 1.95 bits per heavy atom. The van der Waals surface area contributed by atoms with E-state index in [0.717, 1.165) is 28.8 Å². The lowest BCUT2D eigenvalue weighted by atomic mass is 10.2. The Bertz CT molecular complexity index is 780. The van der Waals surface area contributed by atoms with Gasteiger partial charge in [0.25, 0.3) is 0 Å². The minimum Gasteiger partial charge on any atom is -0.376 e. The summed E-state index contributed by atoms with van der Waals surface area (Å²) in [6.07, 6.45) is 0. The van der Waals surface area contributed by atoms with E-state index >= 15 is 0 Å². The molecule has 5 nitrogen and oxygen atoms in total. The number of hydrogen-bond acceptors (Lipinski definition) is 5. The summed E-state index contributed by atoms with van der Waals surface area (Å²) >= 11 is 13.5. The summed E-state index contributed by atoms with van der Waals surface area (Å²) in [5, 5.41) is 8.65. The molecule has 0 bridgehead atoms. The number of nitrogens with zero attached hydrogens (tertiary/aromatic N) is 4. The normalized spacial score (nSPS) is 11.2. The Hall–Kier alpha value is -1.37. The molecule has 0 aliphatic carbocycles. The summed E-state index contributed by atoms with van der Waals surface area (Å²) in [4.78, 5) is 0. The van der Waals surface area contributed by atoms with E-state index in [4.69, 9.17) is 23.2 Å². The van der Waals surface area contributed by atoms with Crippen LogP contribution in [0.1, 0.15) is 11.4 Å². The number of halogens is 2. The van der Waals surface area contributed by atoms with E-state index in [1.807, 2.05) is 24.7 Å². The van der Waals surface area contributed by atoms with Crippen LogP contribution in [0.4, 0.5) is 5.69 Å². The lowest BCUT2D eigenvalue weighted by Crippen LogP contribution is -2.06. The maximum atomic E-state index is 6.24. The van der Waals surface area contributed by atoms with Gasteiger partial charge in [-0.05, 0) is 19.1 Å². The molecule has 0 aliphatic heterocycles. The van der Waals surface area contributed by atoms with Crippen LogP contribution in [-0.2, 0) is 13.6 Å². The van der Waals surface area contributed by atoms with Gasteiger partial charge in [0.1, 0.15) is 11.0 Å². The molecule has 0 atom stereocenters. The second kappa shape index (κ2) is 5.20. The van der Waals surface area contributed by atoms with Gasteiger partial charge in [-0.2, -0.15) is 13.8 Å². The van der Waals surface area contributed by atoms with Crippen molar-refractivity contribution in [2.45, 2.75) is 13.5 Å².